The maximum atomic E-state index is 13.6. The van der Waals surface area contributed by atoms with E-state index in [0.717, 1.165) is 33.6 Å². The molecule has 3 aliphatic rings. The Balaban J connectivity index is 1.17. The molecular formula is C35H41N6O23P3S4. The summed E-state index contributed by atoms with van der Waals surface area (Å²) in [4.78, 5) is 77.8. The third-order valence-electron chi connectivity index (χ3n) is 9.89. The maximum Gasteiger partial charge on any atom is 0.490 e. The standard InChI is InChI=1S/C35H41N6O23P3S4/c1-35(2,69-68-15-59-23-12-26(41-10-9-25(38)40-34(41)45)61-24(23)13-60-66(49,50)64-67(51,52)63-65(46,47)48)14-39-32(42)16-3-4-17(20(11-16)33(43)44)27-18-5-7-21(36)30(70(53,54)55)28(18)62-29-19(27)6-8-22(37)31(29)71(56,57)58/h3-11,21,23-24,26H,12-15,36-37H2,1-2H3,(H,39,42)(H,43,44)(H,49,50)(H,51,52)(H2,38,40,45)(H2,46,47,48)(H,53,54,55)(H,56,57,58)/t21?,23?,24-,26-/m1/s1. The van der Waals surface area contributed by atoms with Gasteiger partial charge in [0, 0.05) is 46.2 Å². The van der Waals surface area contributed by atoms with Gasteiger partial charge in [0.15, 0.2) is 16.4 Å². The Morgan fingerprint density at radius 1 is 0.986 bits per heavy atom. The molecule has 4 unspecified atom stereocenters. The van der Waals surface area contributed by atoms with Crippen molar-refractivity contribution in [2.24, 2.45) is 5.73 Å². The molecule has 0 saturated carbocycles. The smallest absolute Gasteiger partial charge is 0.478 e. The van der Waals surface area contributed by atoms with E-state index in [1.165, 1.54) is 47.3 Å². The summed E-state index contributed by atoms with van der Waals surface area (Å²) in [6, 6.07) is 5.45. The first-order chi connectivity index (χ1) is 32.7. The van der Waals surface area contributed by atoms with E-state index >= 15 is 0 Å². The number of carbonyl (C=O) groups excluding carboxylic acids is 1. The molecule has 1 amide bonds. The molecule has 29 nitrogen and oxygen atoms in total. The summed E-state index contributed by atoms with van der Waals surface area (Å²) in [5, 5.41) is 13.1. The molecule has 6 atom stereocenters. The summed E-state index contributed by atoms with van der Waals surface area (Å²) >= 11 is 0. The summed E-state index contributed by atoms with van der Waals surface area (Å²) in [6.07, 6.45) is 0.0916. The monoisotopic (exact) mass is 1130 g/mol. The van der Waals surface area contributed by atoms with Crippen LogP contribution in [0.4, 0.5) is 11.5 Å². The Hall–Kier alpha value is -4.31. The van der Waals surface area contributed by atoms with Gasteiger partial charge >= 0.3 is 35.1 Å². The van der Waals surface area contributed by atoms with Crippen LogP contribution in [-0.2, 0) is 56.6 Å². The van der Waals surface area contributed by atoms with E-state index in [1.54, 1.807) is 13.8 Å². The number of aromatic carboxylic acids is 1. The number of nitrogens with one attached hydrogen (secondary N) is 1. The van der Waals surface area contributed by atoms with E-state index in [2.05, 4.69) is 18.9 Å². The topological polar surface area (TPSA) is 476 Å². The number of hydrogen-bond donors (Lipinski definition) is 11. The second kappa shape index (κ2) is 20.9. The van der Waals surface area contributed by atoms with Gasteiger partial charge in [0.1, 0.15) is 29.0 Å². The van der Waals surface area contributed by atoms with Crippen molar-refractivity contribution in [1.29, 1.82) is 0 Å². The fraction of sp³-hybridized carbons (Fsp3) is 0.314. The summed E-state index contributed by atoms with van der Waals surface area (Å²) in [6.45, 7) is 2.47. The lowest BCUT2D eigenvalue weighted by atomic mass is 9.84. The van der Waals surface area contributed by atoms with Crippen molar-refractivity contribution in [2.75, 3.05) is 30.6 Å². The molecule has 1 fully saturated rings. The van der Waals surface area contributed by atoms with Crippen molar-refractivity contribution in [3.05, 3.63) is 104 Å². The van der Waals surface area contributed by atoms with Gasteiger partial charge in [-0.1, -0.05) is 39.8 Å². The van der Waals surface area contributed by atoms with Crippen molar-refractivity contribution in [2.45, 2.75) is 54.4 Å². The number of allylic oxidation sites excluding steroid dienone is 1. The van der Waals surface area contributed by atoms with Gasteiger partial charge in [-0.25, -0.2) is 23.3 Å². The Bertz CT molecular complexity index is 3220. The van der Waals surface area contributed by atoms with Crippen LogP contribution in [-0.4, -0.2) is 114 Å². The lowest BCUT2D eigenvalue weighted by Crippen LogP contribution is -2.36. The lowest BCUT2D eigenvalue weighted by Gasteiger charge is -2.31. The molecule has 0 bridgehead atoms. The molecule has 1 aromatic heterocycles. The normalized spacial score (nSPS) is 21.2. The van der Waals surface area contributed by atoms with Crippen LogP contribution < -0.4 is 32.9 Å². The molecule has 3 heterocycles. The number of nitrogen functional groups attached to an aromatic ring is 2. The second-order valence-electron chi connectivity index (χ2n) is 15.6. The highest BCUT2D eigenvalue weighted by molar-refractivity contribution is 8.77. The summed E-state index contributed by atoms with van der Waals surface area (Å²) < 4.78 is 136. The number of carbonyl (C=O) groups is 2. The summed E-state index contributed by atoms with van der Waals surface area (Å²) in [7, 11) is -25.2. The minimum atomic E-state index is -5.85. The largest absolute Gasteiger partial charge is 0.490 e. The van der Waals surface area contributed by atoms with Gasteiger partial charge in [-0.05, 0) is 49.7 Å². The van der Waals surface area contributed by atoms with Crippen molar-refractivity contribution >= 4 is 94.2 Å². The molecule has 0 radical (unpaired) electrons. The van der Waals surface area contributed by atoms with Crippen molar-refractivity contribution < 1.29 is 101 Å². The molecular weight excluding hydrogens is 1090 g/mol. The third-order valence-corrected chi connectivity index (χ3v) is 18.6. The molecule has 1 saturated heterocycles. The number of hydrogen-bond acceptors (Lipinski definition) is 22. The zero-order valence-electron chi connectivity index (χ0n) is 36.1. The van der Waals surface area contributed by atoms with Gasteiger partial charge in [-0.3, -0.25) is 23.0 Å². The summed E-state index contributed by atoms with van der Waals surface area (Å²) in [5.41, 5.74) is 14.6. The van der Waals surface area contributed by atoms with Gasteiger partial charge in [-0.15, -0.1) is 0 Å². The molecule has 3 aromatic rings. The number of rotatable bonds is 20. The number of phosphoric acid groups is 3. The number of benzene rings is 2. The summed E-state index contributed by atoms with van der Waals surface area (Å²) in [5.74, 6) is -4.04. The van der Waals surface area contributed by atoms with Crippen LogP contribution >= 0.6 is 45.1 Å². The first kappa shape index (κ1) is 56.0. The van der Waals surface area contributed by atoms with E-state index in [9.17, 15) is 68.9 Å². The molecule has 0 spiro atoms. The number of nitrogens with two attached hydrogens (primary N) is 3. The van der Waals surface area contributed by atoms with E-state index in [4.69, 9.17) is 45.7 Å². The minimum Gasteiger partial charge on any atom is -0.478 e. The van der Waals surface area contributed by atoms with Crippen LogP contribution in [0.1, 0.15) is 58.3 Å². The Kier molecular flexibility index (Phi) is 16.5. The van der Waals surface area contributed by atoms with Crippen molar-refractivity contribution in [3.8, 4) is 5.75 Å². The maximum absolute atomic E-state index is 13.6. The SMILES string of the molecule is CC(C)(CNC(=O)c1ccc(C2=C3C=CC(N)C(S(=O)(=O)O)=C3Oc3c2ccc(N)c3S(=O)(=O)O)c(C(=O)O)c1)SSCOC1C[C@H](n2ccc(N)nc2=O)O[C@@H]1COP(=O)(O)OP(=O)(O)OP(=O)(O)O. The molecule has 2 aromatic carbocycles. The highest BCUT2D eigenvalue weighted by atomic mass is 33.1. The van der Waals surface area contributed by atoms with Gasteiger partial charge in [0.05, 0.1) is 30.0 Å². The molecule has 36 heteroatoms. The van der Waals surface area contributed by atoms with Crippen molar-refractivity contribution in [1.82, 2.24) is 14.9 Å². The first-order valence-corrected chi connectivity index (χ1v) is 29.2. The van der Waals surface area contributed by atoms with Gasteiger partial charge in [0.25, 0.3) is 26.1 Å². The average molecular weight is 1130 g/mol. The van der Waals surface area contributed by atoms with Gasteiger partial charge in [-0.2, -0.15) is 30.4 Å². The van der Waals surface area contributed by atoms with Crippen LogP contribution in [0.5, 0.6) is 5.75 Å². The molecule has 2 aliphatic heterocycles. The Morgan fingerprint density at radius 2 is 1.66 bits per heavy atom. The quantitative estimate of drug-likeness (QED) is 0.0193. The molecule has 1 aliphatic carbocycles. The number of nitrogens with zero attached hydrogens (tertiary/aromatic N) is 2. The molecule has 14 N–H and O–H groups in total. The van der Waals surface area contributed by atoms with Crippen LogP contribution in [0.3, 0.4) is 0 Å². The van der Waals surface area contributed by atoms with Gasteiger partial charge in [0.2, 0.25) is 0 Å². The highest BCUT2D eigenvalue weighted by Gasteiger charge is 2.44. The third kappa shape index (κ3) is 13.7. The number of carboxylic acid groups (broad SMARTS) is 1. The zero-order valence-corrected chi connectivity index (χ0v) is 42.0. The number of anilines is 2. The number of fused-ring (bicyclic) bond motifs is 2. The van der Waals surface area contributed by atoms with E-state index in [-0.39, 0.29) is 52.6 Å². The van der Waals surface area contributed by atoms with E-state index < -0.39 is 130 Å². The average Bonchev–Trinajstić information content (AvgIpc) is 3.62. The van der Waals surface area contributed by atoms with E-state index in [0.29, 0.717) is 0 Å². The minimum absolute atomic E-state index is 0.0600. The number of phosphoric ester groups is 1. The number of aromatic nitrogens is 2. The molecule has 6 rings (SSSR count). The molecule has 388 valence electrons. The van der Waals surface area contributed by atoms with Crippen LogP contribution in [0.2, 0.25) is 0 Å². The fourth-order valence-electron chi connectivity index (χ4n) is 7.03. The predicted molar refractivity (Wildman–Crippen MR) is 249 cm³/mol. The van der Waals surface area contributed by atoms with Crippen LogP contribution in [0.25, 0.3) is 5.57 Å². The predicted octanol–water partition coefficient (Wildman–Crippen LogP) is 2.11. The van der Waals surface area contributed by atoms with Crippen LogP contribution in [0, 0.1) is 0 Å². The first-order valence-electron chi connectivity index (χ1n) is 19.5. The Morgan fingerprint density at radius 3 is 2.28 bits per heavy atom. The Labute approximate surface area is 408 Å². The van der Waals surface area contributed by atoms with E-state index in [1.807, 2.05) is 0 Å². The zero-order chi connectivity index (χ0) is 52.8. The van der Waals surface area contributed by atoms with Gasteiger partial charge < -0.3 is 61.4 Å². The van der Waals surface area contributed by atoms with Crippen molar-refractivity contribution in [3.63, 3.8) is 0 Å². The van der Waals surface area contributed by atoms with Crippen LogP contribution in [0.15, 0.2) is 80.7 Å². The fourth-order valence-corrected chi connectivity index (χ4v) is 13.8. The lowest BCUT2D eigenvalue weighted by molar-refractivity contribution is -0.0543. The number of carboxylic acids is 1. The second-order valence-corrected chi connectivity index (χ2v) is 25.7. The number of amides is 1. The highest BCUT2D eigenvalue weighted by Crippen LogP contribution is 2.66. The molecule has 71 heavy (non-hydrogen) atoms. The number of ether oxygens (including phenoxy) is 3.